The minimum atomic E-state index is -0.953. The van der Waals surface area contributed by atoms with Gasteiger partial charge < -0.3 is 9.84 Å². The fraction of sp³-hybridized carbons (Fsp3) is 0.273. The predicted molar refractivity (Wildman–Crippen MR) is 58.8 cm³/mol. The van der Waals surface area contributed by atoms with E-state index in [1.54, 1.807) is 22.8 Å². The number of carboxylic acids is 1. The number of nitrogens with zero attached hydrogens (tertiary/aromatic N) is 2. The van der Waals surface area contributed by atoms with E-state index in [-0.39, 0.29) is 5.56 Å². The molecule has 84 valence electrons. The third-order valence-electron chi connectivity index (χ3n) is 2.36. The standard InChI is InChI=1S/C11H12N2O3/c1-3-16-11-12-8-6-7(10(14)15)4-5-9(8)13(11)2/h4-6H,3H2,1-2H3,(H,14,15). The molecule has 16 heavy (non-hydrogen) atoms. The highest BCUT2D eigenvalue weighted by molar-refractivity contribution is 5.92. The van der Waals surface area contributed by atoms with Crippen molar-refractivity contribution in [2.24, 2.45) is 7.05 Å². The number of benzene rings is 1. The molecule has 0 radical (unpaired) electrons. The van der Waals surface area contributed by atoms with E-state index in [0.717, 1.165) is 5.52 Å². The largest absolute Gasteiger partial charge is 0.478 e. The zero-order valence-corrected chi connectivity index (χ0v) is 9.10. The summed E-state index contributed by atoms with van der Waals surface area (Å²) in [7, 11) is 1.83. The summed E-state index contributed by atoms with van der Waals surface area (Å²) in [6.45, 7) is 2.41. The monoisotopic (exact) mass is 220 g/mol. The van der Waals surface area contributed by atoms with Crippen molar-refractivity contribution in [2.45, 2.75) is 6.92 Å². The average molecular weight is 220 g/mol. The van der Waals surface area contributed by atoms with Crippen molar-refractivity contribution in [1.82, 2.24) is 9.55 Å². The van der Waals surface area contributed by atoms with Crippen LogP contribution in [0.25, 0.3) is 11.0 Å². The number of hydrogen-bond donors (Lipinski definition) is 1. The minimum Gasteiger partial charge on any atom is -0.478 e. The number of aryl methyl sites for hydroxylation is 1. The molecule has 0 aliphatic heterocycles. The van der Waals surface area contributed by atoms with E-state index >= 15 is 0 Å². The Labute approximate surface area is 92.3 Å². The molecule has 2 rings (SSSR count). The molecule has 0 bridgehead atoms. The Morgan fingerprint density at radius 2 is 2.31 bits per heavy atom. The maximum absolute atomic E-state index is 10.8. The van der Waals surface area contributed by atoms with Gasteiger partial charge in [-0.3, -0.25) is 4.57 Å². The average Bonchev–Trinajstić information content (AvgIpc) is 2.56. The van der Waals surface area contributed by atoms with Gasteiger partial charge in [0, 0.05) is 7.05 Å². The second-order valence-electron chi connectivity index (χ2n) is 3.40. The molecule has 5 heteroatoms. The molecule has 0 aliphatic rings. The van der Waals surface area contributed by atoms with Gasteiger partial charge in [0.1, 0.15) is 0 Å². The summed E-state index contributed by atoms with van der Waals surface area (Å²) in [6, 6.07) is 5.33. The van der Waals surface area contributed by atoms with E-state index in [2.05, 4.69) is 4.98 Å². The van der Waals surface area contributed by atoms with Crippen molar-refractivity contribution >= 4 is 17.0 Å². The Bertz CT molecular complexity index is 545. The zero-order chi connectivity index (χ0) is 11.7. The van der Waals surface area contributed by atoms with Crippen LogP contribution in [-0.2, 0) is 7.05 Å². The highest BCUT2D eigenvalue weighted by atomic mass is 16.5. The van der Waals surface area contributed by atoms with Gasteiger partial charge in [0.05, 0.1) is 23.2 Å². The first-order valence-electron chi connectivity index (χ1n) is 4.96. The lowest BCUT2D eigenvalue weighted by molar-refractivity contribution is 0.0697. The van der Waals surface area contributed by atoms with Crippen molar-refractivity contribution in [2.75, 3.05) is 6.61 Å². The Balaban J connectivity index is 2.58. The number of ether oxygens (including phenoxy) is 1. The Kier molecular flexibility index (Phi) is 2.52. The van der Waals surface area contributed by atoms with Gasteiger partial charge in [-0.1, -0.05) is 0 Å². The van der Waals surface area contributed by atoms with E-state index in [1.807, 2.05) is 14.0 Å². The molecule has 0 fully saturated rings. The van der Waals surface area contributed by atoms with Gasteiger partial charge in [0.15, 0.2) is 0 Å². The number of aromatic nitrogens is 2. The summed E-state index contributed by atoms with van der Waals surface area (Å²) in [5.41, 5.74) is 1.72. The van der Waals surface area contributed by atoms with Gasteiger partial charge in [-0.2, -0.15) is 4.98 Å². The van der Waals surface area contributed by atoms with Gasteiger partial charge >= 0.3 is 5.97 Å². The number of rotatable bonds is 3. The maximum atomic E-state index is 10.8. The van der Waals surface area contributed by atoms with Crippen molar-refractivity contribution in [3.8, 4) is 6.01 Å². The van der Waals surface area contributed by atoms with Crippen LogP contribution in [0.4, 0.5) is 0 Å². The number of carboxylic acid groups (broad SMARTS) is 1. The third kappa shape index (κ3) is 1.60. The molecule has 2 aromatic rings. The van der Waals surface area contributed by atoms with E-state index in [1.165, 1.54) is 0 Å². The lowest BCUT2D eigenvalue weighted by atomic mass is 10.2. The fourth-order valence-electron chi connectivity index (χ4n) is 1.57. The summed E-state index contributed by atoms with van der Waals surface area (Å²) in [5.74, 6) is -0.953. The molecular weight excluding hydrogens is 208 g/mol. The fourth-order valence-corrected chi connectivity index (χ4v) is 1.57. The van der Waals surface area contributed by atoms with Crippen molar-refractivity contribution in [1.29, 1.82) is 0 Å². The molecule has 0 amide bonds. The van der Waals surface area contributed by atoms with Crippen LogP contribution in [0.2, 0.25) is 0 Å². The van der Waals surface area contributed by atoms with Gasteiger partial charge in [-0.15, -0.1) is 0 Å². The first-order chi connectivity index (χ1) is 7.63. The van der Waals surface area contributed by atoms with Crippen LogP contribution in [-0.4, -0.2) is 27.2 Å². The van der Waals surface area contributed by atoms with Gasteiger partial charge in [-0.25, -0.2) is 4.79 Å². The third-order valence-corrected chi connectivity index (χ3v) is 2.36. The summed E-state index contributed by atoms with van der Waals surface area (Å²) in [5, 5.41) is 8.86. The molecule has 0 spiro atoms. The normalized spacial score (nSPS) is 10.6. The molecule has 1 N–H and O–H groups in total. The summed E-state index contributed by atoms with van der Waals surface area (Å²) in [6.07, 6.45) is 0. The van der Waals surface area contributed by atoms with Gasteiger partial charge in [0.2, 0.25) is 0 Å². The van der Waals surface area contributed by atoms with Crippen LogP contribution in [0.1, 0.15) is 17.3 Å². The van der Waals surface area contributed by atoms with Crippen molar-refractivity contribution in [3.63, 3.8) is 0 Å². The molecule has 1 aromatic carbocycles. The molecular formula is C11H12N2O3. The van der Waals surface area contributed by atoms with Crippen LogP contribution in [0, 0.1) is 0 Å². The van der Waals surface area contributed by atoms with Gasteiger partial charge in [-0.05, 0) is 25.1 Å². The highest BCUT2D eigenvalue weighted by Crippen LogP contribution is 2.20. The van der Waals surface area contributed by atoms with Crippen LogP contribution >= 0.6 is 0 Å². The molecule has 0 saturated heterocycles. The summed E-state index contributed by atoms with van der Waals surface area (Å²) in [4.78, 5) is 15.0. The molecule has 1 aromatic heterocycles. The second kappa shape index (κ2) is 3.84. The number of aromatic carboxylic acids is 1. The van der Waals surface area contributed by atoms with E-state index < -0.39 is 5.97 Å². The van der Waals surface area contributed by atoms with Gasteiger partial charge in [0.25, 0.3) is 6.01 Å². The topological polar surface area (TPSA) is 64.3 Å². The van der Waals surface area contributed by atoms with E-state index in [4.69, 9.17) is 9.84 Å². The Morgan fingerprint density at radius 3 is 2.94 bits per heavy atom. The van der Waals surface area contributed by atoms with Crippen LogP contribution in [0.15, 0.2) is 18.2 Å². The Hall–Kier alpha value is -2.04. The quantitative estimate of drug-likeness (QED) is 0.854. The first kappa shape index (κ1) is 10.5. The summed E-state index contributed by atoms with van der Waals surface area (Å²) < 4.78 is 7.12. The maximum Gasteiger partial charge on any atom is 0.335 e. The molecule has 0 unspecified atom stereocenters. The summed E-state index contributed by atoms with van der Waals surface area (Å²) >= 11 is 0. The Morgan fingerprint density at radius 1 is 1.56 bits per heavy atom. The molecule has 1 heterocycles. The molecule has 0 aliphatic carbocycles. The van der Waals surface area contributed by atoms with Crippen LogP contribution in [0.3, 0.4) is 0 Å². The SMILES string of the molecule is CCOc1nc2cc(C(=O)O)ccc2n1C. The lowest BCUT2D eigenvalue weighted by Crippen LogP contribution is -1.98. The smallest absolute Gasteiger partial charge is 0.335 e. The molecule has 0 atom stereocenters. The lowest BCUT2D eigenvalue weighted by Gasteiger charge is -2.01. The number of imidazole rings is 1. The second-order valence-corrected chi connectivity index (χ2v) is 3.40. The zero-order valence-electron chi connectivity index (χ0n) is 9.10. The number of hydrogen-bond acceptors (Lipinski definition) is 3. The number of carbonyl (C=O) groups is 1. The highest BCUT2D eigenvalue weighted by Gasteiger charge is 2.10. The van der Waals surface area contributed by atoms with Crippen LogP contribution in [0.5, 0.6) is 6.01 Å². The van der Waals surface area contributed by atoms with E-state index in [9.17, 15) is 4.79 Å². The molecule has 5 nitrogen and oxygen atoms in total. The first-order valence-corrected chi connectivity index (χ1v) is 4.96. The minimum absolute atomic E-state index is 0.230. The predicted octanol–water partition coefficient (Wildman–Crippen LogP) is 1.67. The molecule has 0 saturated carbocycles. The van der Waals surface area contributed by atoms with Crippen LogP contribution < -0.4 is 4.74 Å². The van der Waals surface area contributed by atoms with Crippen molar-refractivity contribution in [3.05, 3.63) is 23.8 Å². The van der Waals surface area contributed by atoms with E-state index in [0.29, 0.717) is 18.1 Å². The van der Waals surface area contributed by atoms with Crippen molar-refractivity contribution < 1.29 is 14.6 Å². The number of fused-ring (bicyclic) bond motifs is 1.